The monoisotopic (exact) mass is 113 g/mol. The highest BCUT2D eigenvalue weighted by molar-refractivity contribution is 5.43. The minimum atomic E-state index is 1.35. The number of carbonyl (C=O) groups excluding carboxylic acids is 1. The Labute approximate surface area is 52.6 Å². The second-order valence-electron chi connectivity index (χ2n) is 0.871. The largest absolute Gasteiger partial charge is 0.295 e. The topological polar surface area (TPSA) is 17.1 Å². The predicted octanol–water partition coefficient (Wildman–Crippen LogP) is 0.738. The lowest BCUT2D eigenvalue weighted by molar-refractivity contribution is 0.569. The van der Waals surface area contributed by atoms with Gasteiger partial charge in [0, 0.05) is 11.5 Å². The van der Waals surface area contributed by atoms with Crippen molar-refractivity contribution in [1.29, 1.82) is 0 Å². The summed E-state index contributed by atoms with van der Waals surface area (Å²) in [6.45, 7) is 4.75. The van der Waals surface area contributed by atoms with Gasteiger partial charge in [-0.3, -0.25) is 5.73 Å². The van der Waals surface area contributed by atoms with Crippen LogP contribution in [0.5, 0.6) is 0 Å². The lowest BCUT2D eigenvalue weighted by Crippen LogP contribution is -1.28. The number of rotatable bonds is 0. The summed E-state index contributed by atoms with van der Waals surface area (Å²) in [6, 6.07) is 0. The van der Waals surface area contributed by atoms with Gasteiger partial charge in [0.1, 0.15) is 0 Å². The fourth-order valence-electron chi connectivity index (χ4n) is 0.155. The molecule has 9 heavy (non-hydrogen) atoms. The molecule has 0 radical (unpaired) electrons. The molecular formula is C8HO-. The Kier molecular flexibility index (Phi) is 4.86. The molecule has 0 aromatic heterocycles. The average molecular weight is 113 g/mol. The fraction of sp³-hybridized carbons (Fsp3) is 0. The van der Waals surface area contributed by atoms with Crippen molar-refractivity contribution in [2.45, 2.75) is 0 Å². The first kappa shape index (κ1) is 7.13. The molecule has 0 aliphatic carbocycles. The van der Waals surface area contributed by atoms with Crippen LogP contribution >= 0.6 is 0 Å². The zero-order chi connectivity index (χ0) is 6.95. The van der Waals surface area contributed by atoms with Gasteiger partial charge in [-0.1, -0.05) is 0 Å². The summed E-state index contributed by atoms with van der Waals surface area (Å²) in [5.74, 6) is 1.35. The van der Waals surface area contributed by atoms with Crippen molar-refractivity contribution in [3.63, 3.8) is 0 Å². The van der Waals surface area contributed by atoms with Crippen LogP contribution in [0.1, 0.15) is 0 Å². The minimum Gasteiger partial charge on any atom is -0.295 e. The molecule has 0 amide bonds. The lowest BCUT2D eigenvalue weighted by Gasteiger charge is -1.48. The van der Waals surface area contributed by atoms with Crippen molar-refractivity contribution in [2.75, 3.05) is 0 Å². The van der Waals surface area contributed by atoms with E-state index in [0.29, 0.717) is 0 Å². The van der Waals surface area contributed by atoms with Crippen LogP contribution in [-0.4, -0.2) is 5.94 Å². The van der Waals surface area contributed by atoms with Crippen molar-refractivity contribution in [3.8, 4) is 0 Å². The van der Waals surface area contributed by atoms with Crippen molar-refractivity contribution < 1.29 is 4.79 Å². The van der Waals surface area contributed by atoms with Gasteiger partial charge in [0.25, 0.3) is 0 Å². The van der Waals surface area contributed by atoms with E-state index in [1.807, 2.05) is 5.73 Å². The molecule has 0 fully saturated rings. The van der Waals surface area contributed by atoms with Gasteiger partial charge in [0.05, 0.1) is 0 Å². The third-order valence-corrected chi connectivity index (χ3v) is 0.373. The highest BCUT2D eigenvalue weighted by Crippen LogP contribution is 1.48. The van der Waals surface area contributed by atoms with Crippen molar-refractivity contribution in [2.24, 2.45) is 0 Å². The molecule has 0 aliphatic rings. The first-order valence-corrected chi connectivity index (χ1v) is 1.99. The van der Waals surface area contributed by atoms with E-state index < -0.39 is 0 Å². The molecule has 0 rings (SSSR count). The van der Waals surface area contributed by atoms with Crippen LogP contribution in [0.15, 0.2) is 34.4 Å². The van der Waals surface area contributed by atoms with Gasteiger partial charge in [0.15, 0.2) is 5.94 Å². The SMILES string of the molecule is [CH-]=C=C=C=C=C=C=C=O. The van der Waals surface area contributed by atoms with E-state index >= 15 is 0 Å². The Bertz CT molecular complexity index is 289. The second-order valence-corrected chi connectivity index (χ2v) is 0.871. The molecule has 40 valence electrons. The molecule has 0 aliphatic heterocycles. The summed E-state index contributed by atoms with van der Waals surface area (Å²) >= 11 is 0. The maximum atomic E-state index is 9.41. The molecule has 1 nitrogen and oxygen atoms in total. The van der Waals surface area contributed by atoms with Crippen LogP contribution in [0.3, 0.4) is 0 Å². The van der Waals surface area contributed by atoms with Crippen LogP contribution in [-0.2, 0) is 4.79 Å². The van der Waals surface area contributed by atoms with Crippen LogP contribution in [0.4, 0.5) is 0 Å². The standard InChI is InChI=1S/C8HO/c1-2-3-4-5-6-7-8-9/h1H/q-1. The first-order valence-electron chi connectivity index (χ1n) is 1.99. The predicted molar refractivity (Wildman–Crippen MR) is 31.1 cm³/mol. The summed E-state index contributed by atoms with van der Waals surface area (Å²) in [5, 5.41) is 0. The second kappa shape index (κ2) is 6.13. The summed E-state index contributed by atoms with van der Waals surface area (Å²) in [5.41, 5.74) is 13.0. The molecule has 0 atom stereocenters. The Morgan fingerprint density at radius 2 is 1.44 bits per heavy atom. The molecule has 1 heteroatoms. The first-order chi connectivity index (χ1) is 4.41. The Morgan fingerprint density at radius 3 is 2.00 bits per heavy atom. The van der Waals surface area contributed by atoms with Crippen LogP contribution in [0, 0.1) is 6.58 Å². The van der Waals surface area contributed by atoms with E-state index in [0.717, 1.165) is 0 Å². The highest BCUT2D eigenvalue weighted by Gasteiger charge is 1.33. The maximum Gasteiger partial charge on any atom is 0.186 e. The van der Waals surface area contributed by atoms with Gasteiger partial charge in [-0.15, -0.1) is 5.73 Å². The molecule has 0 aromatic carbocycles. The number of hydrogen-bond acceptors (Lipinski definition) is 1. The molecule has 0 saturated heterocycles. The molecule has 0 bridgehead atoms. The third-order valence-electron chi connectivity index (χ3n) is 0.373. The number of hydrogen-bond donors (Lipinski definition) is 0. The Hall–Kier alpha value is -1.87. The molecule has 0 unspecified atom stereocenters. The maximum absolute atomic E-state index is 9.41. The van der Waals surface area contributed by atoms with E-state index in [2.05, 4.69) is 28.7 Å². The van der Waals surface area contributed by atoms with E-state index in [-0.39, 0.29) is 0 Å². The molecule has 0 heterocycles. The summed E-state index contributed by atoms with van der Waals surface area (Å²) in [7, 11) is 0. The van der Waals surface area contributed by atoms with Gasteiger partial charge in [-0.05, 0) is 5.73 Å². The van der Waals surface area contributed by atoms with E-state index in [1.54, 1.807) is 0 Å². The zero-order valence-electron chi connectivity index (χ0n) is 4.49. The minimum absolute atomic E-state index is 1.35. The van der Waals surface area contributed by atoms with Gasteiger partial charge >= 0.3 is 0 Å². The average Bonchev–Trinajstić information content (AvgIpc) is 1.89. The summed E-state index contributed by atoms with van der Waals surface area (Å²) in [6.07, 6.45) is 0. The normalized spacial score (nSPS) is 3.56. The molecular weight excluding hydrogens is 112 g/mol. The highest BCUT2D eigenvalue weighted by atomic mass is 16.1. The van der Waals surface area contributed by atoms with Crippen LogP contribution in [0.25, 0.3) is 0 Å². The van der Waals surface area contributed by atoms with Gasteiger partial charge in [-0.25, -0.2) is 17.1 Å². The Balaban J connectivity index is 5.19. The van der Waals surface area contributed by atoms with E-state index in [9.17, 15) is 4.79 Å². The Morgan fingerprint density at radius 1 is 0.889 bits per heavy atom. The van der Waals surface area contributed by atoms with Gasteiger partial charge in [0.2, 0.25) is 0 Å². The molecule has 0 saturated carbocycles. The smallest absolute Gasteiger partial charge is 0.186 e. The summed E-state index contributed by atoms with van der Waals surface area (Å²) < 4.78 is 0. The molecule has 0 N–H and O–H groups in total. The van der Waals surface area contributed by atoms with Crippen LogP contribution in [0.2, 0.25) is 0 Å². The fourth-order valence-corrected chi connectivity index (χ4v) is 0.155. The third kappa shape index (κ3) is 6.13. The molecule has 0 aromatic rings. The van der Waals surface area contributed by atoms with Gasteiger partial charge < -0.3 is 0 Å². The van der Waals surface area contributed by atoms with Crippen molar-refractivity contribution >= 4 is 5.94 Å². The van der Waals surface area contributed by atoms with E-state index in [4.69, 9.17) is 6.58 Å². The van der Waals surface area contributed by atoms with E-state index in [1.165, 1.54) is 5.94 Å². The molecule has 0 spiro atoms. The van der Waals surface area contributed by atoms with Crippen LogP contribution < -0.4 is 0 Å². The lowest BCUT2D eigenvalue weighted by atomic mass is 10.7. The van der Waals surface area contributed by atoms with Gasteiger partial charge in [-0.2, -0.15) is 0 Å². The summed E-state index contributed by atoms with van der Waals surface area (Å²) in [4.78, 5) is 9.41. The van der Waals surface area contributed by atoms with Crippen molar-refractivity contribution in [1.82, 2.24) is 0 Å². The van der Waals surface area contributed by atoms with Crippen molar-refractivity contribution in [3.05, 3.63) is 41.0 Å². The quantitative estimate of drug-likeness (QED) is 0.257. The zero-order valence-corrected chi connectivity index (χ0v) is 4.49.